The summed E-state index contributed by atoms with van der Waals surface area (Å²) in [5.74, 6) is -4.98. The molecule has 77 heavy (non-hydrogen) atoms. The Kier molecular flexibility index (Phi) is 32.8. The van der Waals surface area contributed by atoms with Crippen molar-refractivity contribution in [2.45, 2.75) is 192 Å². The van der Waals surface area contributed by atoms with Crippen molar-refractivity contribution in [3.05, 3.63) is 95.7 Å². The number of ether oxygens (including phenoxy) is 3. The molecule has 2 bridgehead atoms. The molecule has 1 aromatic rings. The molecule has 2 aliphatic heterocycles. The van der Waals surface area contributed by atoms with Crippen LogP contribution in [0.5, 0.6) is 0 Å². The number of aliphatic hydroxyl groups excluding tert-OH is 4. The highest BCUT2D eigenvalue weighted by atomic mass is 31.3. The number of anilines is 1. The number of carbonyl (C=O) groups excluding carboxylic acids is 3. The normalized spacial score (nSPS) is 28.8. The number of aliphatic hydroxyl groups is 4. The summed E-state index contributed by atoms with van der Waals surface area (Å²) in [6.45, 7) is 1.35. The fourth-order valence-corrected chi connectivity index (χ4v) is 10.5. The first-order valence-electron chi connectivity index (χ1n) is 27.1. The van der Waals surface area contributed by atoms with Crippen LogP contribution in [-0.4, -0.2) is 114 Å². The lowest BCUT2D eigenvalue weighted by atomic mass is 9.83. The molecule has 2 saturated heterocycles. The van der Waals surface area contributed by atoms with Crippen LogP contribution >= 0.6 is 15.6 Å². The van der Waals surface area contributed by atoms with Gasteiger partial charge < -0.3 is 50.2 Å². The molecular weight excluding hydrogens is 1040 g/mol. The summed E-state index contributed by atoms with van der Waals surface area (Å²) in [6.07, 6.45) is 24.0. The zero-order valence-electron chi connectivity index (χ0n) is 44.7. The number of phosphoric acid groups is 2. The van der Waals surface area contributed by atoms with Crippen LogP contribution in [0.2, 0.25) is 0 Å². The van der Waals surface area contributed by atoms with Crippen molar-refractivity contribution < 1.29 is 81.3 Å². The molecule has 1 aromatic heterocycles. The molecule has 0 spiro atoms. The molecule has 3 heterocycles. The van der Waals surface area contributed by atoms with Crippen molar-refractivity contribution in [3.63, 3.8) is 0 Å². The van der Waals surface area contributed by atoms with Crippen molar-refractivity contribution in [1.82, 2.24) is 9.55 Å². The van der Waals surface area contributed by atoms with E-state index in [0.717, 1.165) is 75.0 Å². The van der Waals surface area contributed by atoms with E-state index in [9.17, 15) is 58.5 Å². The van der Waals surface area contributed by atoms with Crippen molar-refractivity contribution in [2.24, 2.45) is 11.8 Å². The van der Waals surface area contributed by atoms with Gasteiger partial charge in [0.1, 0.15) is 36.6 Å². The Labute approximate surface area is 453 Å². The van der Waals surface area contributed by atoms with Crippen LogP contribution in [0.15, 0.2) is 90.0 Å². The van der Waals surface area contributed by atoms with Gasteiger partial charge in [0.15, 0.2) is 6.10 Å². The maximum absolute atomic E-state index is 14.3. The molecule has 2 aliphatic rings. The molecule has 0 aliphatic carbocycles. The lowest BCUT2D eigenvalue weighted by Crippen LogP contribution is -2.51. The van der Waals surface area contributed by atoms with Gasteiger partial charge in [0.05, 0.1) is 37.4 Å². The standard InChI is InChI=1S/C54H85N3O18P2/c1-3-5-7-8-9-10-11-12-13-14-15-16-17-18-19-20-21-22-27-31-49(61)70-38-42-39-71-76(66,67)75-77(68,69)72-40-47-52(64)51(63)43(34-33-41(58)29-25-6-4-2)45(59)37-46(60)44(30-26-23-24-28-32-50(62)73-42)53(74-47)57-36-35-48(55)56-54(57)65/h5,7,9-10,12-13,15-16,18-19,33-36,41-45,47,51-53,58-59,63-64H,3-4,6,8,11,14,17,20-32,37-40H2,1-2H3,(H,66,67)(H,68,69)(H2,55,56,65)/b7-5-,10-9-,13-12-,16-15-,19-18-,34-33+/t41-,42+,43-,44-,45+,47+,51-,52+,53+/m0/s1. The van der Waals surface area contributed by atoms with Crippen LogP contribution in [0, 0.1) is 11.8 Å². The van der Waals surface area contributed by atoms with E-state index in [4.69, 9.17) is 29.0 Å². The molecule has 0 saturated carbocycles. The van der Waals surface area contributed by atoms with Crippen molar-refractivity contribution in [2.75, 3.05) is 25.6 Å². The Bertz CT molecular complexity index is 2250. The number of nitrogens with two attached hydrogens (primary N) is 1. The summed E-state index contributed by atoms with van der Waals surface area (Å²) < 4.78 is 58.9. The predicted octanol–water partition coefficient (Wildman–Crippen LogP) is 8.26. The number of aromatic nitrogens is 2. The van der Waals surface area contributed by atoms with E-state index in [1.165, 1.54) is 18.2 Å². The van der Waals surface area contributed by atoms with E-state index < -0.39 is 120 Å². The van der Waals surface area contributed by atoms with Gasteiger partial charge in [-0.3, -0.25) is 28.0 Å². The van der Waals surface area contributed by atoms with Crippen LogP contribution in [0.4, 0.5) is 5.82 Å². The van der Waals surface area contributed by atoms with E-state index in [1.807, 2.05) is 6.92 Å². The summed E-state index contributed by atoms with van der Waals surface area (Å²) in [7, 11) is -11.3. The number of nitrogen functional groups attached to an aromatic ring is 1. The van der Waals surface area contributed by atoms with Gasteiger partial charge in [-0.05, 0) is 76.7 Å². The molecule has 8 N–H and O–H groups in total. The van der Waals surface area contributed by atoms with Gasteiger partial charge in [0.25, 0.3) is 0 Å². The minimum Gasteiger partial charge on any atom is -0.462 e. The first-order chi connectivity index (χ1) is 36.9. The summed E-state index contributed by atoms with van der Waals surface area (Å²) in [4.78, 5) is 78.5. The van der Waals surface area contributed by atoms with Crippen LogP contribution in [0.1, 0.15) is 155 Å². The topological polar surface area (TPSA) is 323 Å². The zero-order valence-corrected chi connectivity index (χ0v) is 46.5. The maximum atomic E-state index is 14.3. The molecular formula is C54H85N3O18P2. The third-order valence-corrected chi connectivity index (χ3v) is 15.3. The predicted molar refractivity (Wildman–Crippen MR) is 289 cm³/mol. The number of phosphoric ester groups is 2. The number of hydrogen-bond donors (Lipinski definition) is 7. The molecule has 0 radical (unpaired) electrons. The molecule has 2 unspecified atom stereocenters. The van der Waals surface area contributed by atoms with Crippen LogP contribution in [0.25, 0.3) is 0 Å². The highest BCUT2D eigenvalue weighted by Crippen LogP contribution is 2.60. The van der Waals surface area contributed by atoms with Gasteiger partial charge in [-0.1, -0.05) is 132 Å². The molecule has 21 nitrogen and oxygen atoms in total. The van der Waals surface area contributed by atoms with Gasteiger partial charge in [-0.2, -0.15) is 9.29 Å². The number of cyclic esters (lactones) is 1. The Morgan fingerprint density at radius 1 is 0.831 bits per heavy atom. The summed E-state index contributed by atoms with van der Waals surface area (Å²) in [5.41, 5.74) is 4.75. The lowest BCUT2D eigenvalue weighted by Gasteiger charge is -2.38. The number of rotatable bonds is 24. The Hall–Kier alpha value is -4.21. The van der Waals surface area contributed by atoms with E-state index in [2.05, 4.69) is 77.0 Å². The number of esters is 2. The average molecular weight is 1130 g/mol. The quantitative estimate of drug-likeness (QED) is 0.0222. The van der Waals surface area contributed by atoms with Crippen LogP contribution in [-0.2, 0) is 51.1 Å². The van der Waals surface area contributed by atoms with E-state index >= 15 is 0 Å². The van der Waals surface area contributed by atoms with E-state index in [1.54, 1.807) is 0 Å². The molecule has 0 amide bonds. The molecule has 23 heteroatoms. The summed E-state index contributed by atoms with van der Waals surface area (Å²) in [6, 6.07) is 1.23. The second-order valence-electron chi connectivity index (χ2n) is 19.1. The fraction of sp³-hybridized carbons (Fsp3) is 0.648. The van der Waals surface area contributed by atoms with Crippen molar-refractivity contribution in [3.8, 4) is 0 Å². The smallest absolute Gasteiger partial charge is 0.462 e. The highest BCUT2D eigenvalue weighted by Gasteiger charge is 2.45. The lowest BCUT2D eigenvalue weighted by molar-refractivity contribution is -0.184. The summed E-state index contributed by atoms with van der Waals surface area (Å²) in [5, 5.41) is 45.5. The van der Waals surface area contributed by atoms with Crippen molar-refractivity contribution in [1.29, 1.82) is 0 Å². The molecule has 434 valence electrons. The second-order valence-corrected chi connectivity index (χ2v) is 22.2. The minimum atomic E-state index is -5.72. The maximum Gasteiger partial charge on any atom is 0.481 e. The fourth-order valence-electron chi connectivity index (χ4n) is 8.41. The second kappa shape index (κ2) is 37.6. The Balaban J connectivity index is 1.70. The van der Waals surface area contributed by atoms with Crippen molar-refractivity contribution >= 4 is 39.2 Å². The molecule has 0 aromatic carbocycles. The number of hydrogen-bond acceptors (Lipinski definition) is 18. The number of Topliss-reactive ketones (excluding diaryl/α,β-unsaturated/α-hetero) is 1. The highest BCUT2D eigenvalue weighted by molar-refractivity contribution is 7.61. The van der Waals surface area contributed by atoms with Gasteiger partial charge in [-0.25, -0.2) is 13.9 Å². The number of unbranched alkanes of at least 4 members (excludes halogenated alkanes) is 5. The van der Waals surface area contributed by atoms with Gasteiger partial charge in [-0.15, -0.1) is 0 Å². The van der Waals surface area contributed by atoms with E-state index in [0.29, 0.717) is 38.5 Å². The van der Waals surface area contributed by atoms with E-state index in [-0.39, 0.29) is 31.5 Å². The zero-order chi connectivity index (χ0) is 56.5. The number of carbonyl (C=O) groups is 3. The number of fused-ring (bicyclic) bond motifs is 3. The molecule has 3 rings (SSSR count). The molecule has 2 fully saturated rings. The van der Waals surface area contributed by atoms with Gasteiger partial charge in [0.2, 0.25) is 0 Å². The van der Waals surface area contributed by atoms with Crippen LogP contribution < -0.4 is 11.4 Å². The third kappa shape index (κ3) is 28.0. The first kappa shape index (κ1) is 67.1. The number of ketones is 1. The van der Waals surface area contributed by atoms with Gasteiger partial charge >= 0.3 is 33.3 Å². The molecule has 11 atom stereocenters. The monoisotopic (exact) mass is 1130 g/mol. The first-order valence-corrected chi connectivity index (χ1v) is 30.0. The van der Waals surface area contributed by atoms with Gasteiger partial charge in [0, 0.05) is 31.4 Å². The SMILES string of the molecule is CC/C=C\C/C=C\C/C=C\C/C=C\C/C=C\CCCCCC(=O)OC[C@@H]1COP(=O)(O)OP(=O)(O)OC[C@H]2O[C@@H](n3ccc(N)nc3=O)[C@@H](CCCCCCC(=O)O1)C(=O)C[C@@H](O)[C@H](/C=C/[C@@H](O)CCCCC)[C@H](O)[C@@H]2O. The largest absolute Gasteiger partial charge is 0.481 e. The number of allylic oxidation sites excluding steroid dienone is 10. The Morgan fingerprint density at radius 2 is 1.47 bits per heavy atom. The average Bonchev–Trinajstić information content (AvgIpc) is 3.37. The third-order valence-electron chi connectivity index (χ3n) is 12.7. The Morgan fingerprint density at radius 3 is 2.12 bits per heavy atom. The minimum absolute atomic E-state index is 0.00919. The summed E-state index contributed by atoms with van der Waals surface area (Å²) >= 11 is 0. The number of nitrogens with zero attached hydrogens (tertiary/aromatic N) is 2. The van der Waals surface area contributed by atoms with Crippen LogP contribution in [0.3, 0.4) is 0 Å².